The molecule has 0 aliphatic heterocycles. The molecular weight excluding hydrogens is 418 g/mol. The van der Waals surface area contributed by atoms with Crippen molar-refractivity contribution in [3.8, 4) is 27.6 Å². The predicted molar refractivity (Wildman–Crippen MR) is 129 cm³/mol. The molecule has 0 spiro atoms. The van der Waals surface area contributed by atoms with Crippen molar-refractivity contribution in [3.63, 3.8) is 0 Å². The van der Waals surface area contributed by atoms with E-state index in [0.717, 1.165) is 26.8 Å². The first-order chi connectivity index (χ1) is 15.7. The minimum Gasteiger partial charge on any atom is -0.508 e. The third-order valence-corrected chi connectivity index (χ3v) is 6.00. The Morgan fingerprint density at radius 3 is 2.53 bits per heavy atom. The van der Waals surface area contributed by atoms with Crippen molar-refractivity contribution in [2.45, 2.75) is 6.42 Å². The fourth-order valence-corrected chi connectivity index (χ4v) is 4.26. The summed E-state index contributed by atoms with van der Waals surface area (Å²) in [5, 5.41) is 16.7. The molecule has 5 aromatic rings. The molecule has 2 aromatic heterocycles. The van der Waals surface area contributed by atoms with E-state index in [1.807, 2.05) is 53.9 Å². The number of anilines is 1. The third kappa shape index (κ3) is 4.22. The number of amides is 1. The zero-order valence-corrected chi connectivity index (χ0v) is 17.8. The molecule has 0 atom stereocenters. The van der Waals surface area contributed by atoms with E-state index in [9.17, 15) is 9.90 Å². The van der Waals surface area contributed by atoms with Gasteiger partial charge in [-0.1, -0.05) is 48.5 Å². The van der Waals surface area contributed by atoms with Crippen molar-refractivity contribution in [3.05, 3.63) is 96.0 Å². The number of hydrogen-bond donors (Lipinski definition) is 2. The first-order valence-corrected chi connectivity index (χ1v) is 11.0. The van der Waals surface area contributed by atoms with Crippen LogP contribution in [0.2, 0.25) is 0 Å². The molecule has 0 bridgehead atoms. The van der Waals surface area contributed by atoms with Crippen molar-refractivity contribution < 1.29 is 9.90 Å². The van der Waals surface area contributed by atoms with Crippen LogP contribution in [0.3, 0.4) is 0 Å². The molecule has 5 rings (SSSR count). The maximum Gasteiger partial charge on any atom is 0.230 e. The fraction of sp³-hybridized carbons (Fsp3) is 0.0385. The van der Waals surface area contributed by atoms with Crippen LogP contribution in [0.5, 0.6) is 5.75 Å². The summed E-state index contributed by atoms with van der Waals surface area (Å²) in [6, 6.07) is 24.8. The number of carbonyl (C=O) groups is 1. The highest BCUT2D eigenvalue weighted by atomic mass is 32.1. The van der Waals surface area contributed by atoms with Crippen LogP contribution < -0.4 is 5.32 Å². The Kier molecular flexibility index (Phi) is 5.35. The Bertz CT molecular complexity index is 1400. The van der Waals surface area contributed by atoms with Gasteiger partial charge in [0, 0.05) is 5.56 Å². The maximum absolute atomic E-state index is 12.8. The highest BCUT2D eigenvalue weighted by Crippen LogP contribution is 2.31. The molecule has 0 unspecified atom stereocenters. The molecule has 0 aliphatic carbocycles. The molecule has 3 aromatic carbocycles. The van der Waals surface area contributed by atoms with Gasteiger partial charge in [0.25, 0.3) is 0 Å². The Morgan fingerprint density at radius 2 is 1.75 bits per heavy atom. The molecule has 2 N–H and O–H groups in total. The molecule has 0 fully saturated rings. The van der Waals surface area contributed by atoms with E-state index in [2.05, 4.69) is 16.4 Å². The van der Waals surface area contributed by atoms with Crippen LogP contribution in [0.4, 0.5) is 5.82 Å². The molecule has 6 heteroatoms. The number of nitrogens with zero attached hydrogens (tertiary/aromatic N) is 2. The molecule has 156 valence electrons. The number of phenols is 1. The standard InChI is InChI=1S/C26H19N3O2S/c30-21-11-9-19(10-12-21)22-16-27-26(25(28-22)23-6-3-13-32-23)29-24(31)15-17-7-8-18-4-1-2-5-20(18)14-17/h1-14,16,30H,15H2,(H,27,29,31). The van der Waals surface area contributed by atoms with E-state index in [-0.39, 0.29) is 18.1 Å². The average molecular weight is 438 g/mol. The second kappa shape index (κ2) is 8.61. The zero-order valence-electron chi connectivity index (χ0n) is 17.0. The molecule has 1 amide bonds. The van der Waals surface area contributed by atoms with Crippen LogP contribution in [0, 0.1) is 0 Å². The zero-order chi connectivity index (χ0) is 21.9. The largest absolute Gasteiger partial charge is 0.508 e. The lowest BCUT2D eigenvalue weighted by Crippen LogP contribution is -2.16. The van der Waals surface area contributed by atoms with E-state index in [1.54, 1.807) is 30.5 Å². The summed E-state index contributed by atoms with van der Waals surface area (Å²) < 4.78 is 0. The van der Waals surface area contributed by atoms with Crippen molar-refractivity contribution in [2.75, 3.05) is 5.32 Å². The minimum absolute atomic E-state index is 0.148. The van der Waals surface area contributed by atoms with Crippen LogP contribution in [-0.2, 0) is 11.2 Å². The summed E-state index contributed by atoms with van der Waals surface area (Å²) in [6.45, 7) is 0. The maximum atomic E-state index is 12.8. The number of nitrogens with one attached hydrogen (secondary N) is 1. The normalized spacial score (nSPS) is 10.9. The number of fused-ring (bicyclic) bond motifs is 1. The molecular formula is C26H19N3O2S. The molecule has 32 heavy (non-hydrogen) atoms. The van der Waals surface area contributed by atoms with E-state index < -0.39 is 0 Å². The minimum atomic E-state index is -0.148. The molecule has 0 saturated heterocycles. The lowest BCUT2D eigenvalue weighted by atomic mass is 10.0. The van der Waals surface area contributed by atoms with Gasteiger partial charge in [0.05, 0.1) is 23.2 Å². The highest BCUT2D eigenvalue weighted by molar-refractivity contribution is 7.13. The number of rotatable bonds is 5. The van der Waals surface area contributed by atoms with Gasteiger partial charge in [0.1, 0.15) is 11.4 Å². The van der Waals surface area contributed by atoms with Crippen LogP contribution in [-0.4, -0.2) is 21.0 Å². The number of phenolic OH excluding ortho intramolecular Hbond substituents is 1. The summed E-state index contributed by atoms with van der Waals surface area (Å²) in [5.41, 5.74) is 3.06. The number of thiophene rings is 1. The second-order valence-corrected chi connectivity index (χ2v) is 8.33. The SMILES string of the molecule is O=C(Cc1ccc2ccccc2c1)Nc1ncc(-c2ccc(O)cc2)nc1-c1cccs1. The first kappa shape index (κ1) is 19.9. The summed E-state index contributed by atoms with van der Waals surface area (Å²) >= 11 is 1.54. The summed E-state index contributed by atoms with van der Waals surface area (Å²) in [6.07, 6.45) is 1.88. The summed E-state index contributed by atoms with van der Waals surface area (Å²) in [5.74, 6) is 0.475. The van der Waals surface area contributed by atoms with Crippen LogP contribution in [0.25, 0.3) is 32.6 Å². The van der Waals surface area contributed by atoms with E-state index in [4.69, 9.17) is 4.98 Å². The van der Waals surface area contributed by atoms with Gasteiger partial charge in [-0.15, -0.1) is 11.3 Å². The molecule has 5 nitrogen and oxygen atoms in total. The Labute approximate surface area is 189 Å². The molecule has 0 radical (unpaired) electrons. The topological polar surface area (TPSA) is 75.1 Å². The quantitative estimate of drug-likeness (QED) is 0.358. The van der Waals surface area contributed by atoms with Gasteiger partial charge in [-0.2, -0.15) is 0 Å². The Morgan fingerprint density at radius 1 is 0.938 bits per heavy atom. The van der Waals surface area contributed by atoms with Gasteiger partial charge in [-0.05, 0) is 52.0 Å². The van der Waals surface area contributed by atoms with Gasteiger partial charge < -0.3 is 10.4 Å². The van der Waals surface area contributed by atoms with Crippen molar-refractivity contribution in [2.24, 2.45) is 0 Å². The first-order valence-electron chi connectivity index (χ1n) is 10.1. The van der Waals surface area contributed by atoms with Crippen molar-refractivity contribution in [1.29, 1.82) is 0 Å². The van der Waals surface area contributed by atoms with E-state index >= 15 is 0 Å². The van der Waals surface area contributed by atoms with Crippen molar-refractivity contribution >= 4 is 33.8 Å². The fourth-order valence-electron chi connectivity index (χ4n) is 3.55. The number of hydrogen-bond acceptors (Lipinski definition) is 5. The molecule has 2 heterocycles. The monoisotopic (exact) mass is 437 g/mol. The van der Waals surface area contributed by atoms with E-state index in [0.29, 0.717) is 17.2 Å². The van der Waals surface area contributed by atoms with Crippen LogP contribution in [0.15, 0.2) is 90.4 Å². The average Bonchev–Trinajstić information content (AvgIpc) is 3.35. The lowest BCUT2D eigenvalue weighted by molar-refractivity contribution is -0.115. The van der Waals surface area contributed by atoms with Crippen LogP contribution >= 0.6 is 11.3 Å². The van der Waals surface area contributed by atoms with E-state index in [1.165, 1.54) is 11.3 Å². The van der Waals surface area contributed by atoms with Gasteiger partial charge in [0.15, 0.2) is 5.82 Å². The smallest absolute Gasteiger partial charge is 0.230 e. The number of aromatic nitrogens is 2. The molecule has 0 saturated carbocycles. The number of benzene rings is 3. The third-order valence-electron chi connectivity index (χ3n) is 5.13. The number of carbonyl (C=O) groups excluding carboxylic acids is 1. The van der Waals surface area contributed by atoms with Crippen LogP contribution in [0.1, 0.15) is 5.56 Å². The Hall–Kier alpha value is -4.03. The summed E-state index contributed by atoms with van der Waals surface area (Å²) in [4.78, 5) is 23.0. The van der Waals surface area contributed by atoms with Gasteiger partial charge in [-0.25, -0.2) is 9.97 Å². The van der Waals surface area contributed by atoms with Crippen molar-refractivity contribution in [1.82, 2.24) is 9.97 Å². The van der Waals surface area contributed by atoms with Gasteiger partial charge in [0.2, 0.25) is 5.91 Å². The second-order valence-electron chi connectivity index (χ2n) is 7.38. The predicted octanol–water partition coefficient (Wildman–Crippen LogP) is 5.91. The Balaban J connectivity index is 1.42. The lowest BCUT2D eigenvalue weighted by Gasteiger charge is -2.11. The highest BCUT2D eigenvalue weighted by Gasteiger charge is 2.15. The van der Waals surface area contributed by atoms with Gasteiger partial charge in [-0.3, -0.25) is 4.79 Å². The van der Waals surface area contributed by atoms with Gasteiger partial charge >= 0.3 is 0 Å². The number of aromatic hydroxyl groups is 1. The summed E-state index contributed by atoms with van der Waals surface area (Å²) in [7, 11) is 0. The molecule has 0 aliphatic rings.